The van der Waals surface area contributed by atoms with Crippen molar-refractivity contribution in [3.05, 3.63) is 40.9 Å². The Morgan fingerprint density at radius 2 is 1.80 bits per heavy atom. The highest BCUT2D eigenvalue weighted by Crippen LogP contribution is 2.09. The molecule has 0 amide bonds. The number of rotatable bonds is 5. The molecule has 0 atom stereocenters. The van der Waals surface area contributed by atoms with Crippen molar-refractivity contribution in [2.75, 3.05) is 19.6 Å². The number of para-hydroxylation sites is 1. The normalized spacial score (nSPS) is 16.0. The lowest BCUT2D eigenvalue weighted by Gasteiger charge is -2.14. The van der Waals surface area contributed by atoms with E-state index in [2.05, 4.69) is 9.88 Å². The van der Waals surface area contributed by atoms with Crippen LogP contribution in [0.15, 0.2) is 35.4 Å². The zero-order chi connectivity index (χ0) is 13.8. The molecule has 1 aliphatic heterocycles. The molecule has 1 fully saturated rings. The van der Waals surface area contributed by atoms with Crippen molar-refractivity contribution in [2.45, 2.75) is 32.2 Å². The second kappa shape index (κ2) is 6.18. The Morgan fingerprint density at radius 3 is 2.65 bits per heavy atom. The smallest absolute Gasteiger partial charge is 0.261 e. The van der Waals surface area contributed by atoms with Crippen LogP contribution in [0.25, 0.3) is 10.9 Å². The number of aryl methyl sites for hydroxylation is 1. The number of hydrogen-bond donors (Lipinski definition) is 0. The van der Waals surface area contributed by atoms with Gasteiger partial charge in [-0.3, -0.25) is 9.36 Å². The molecular weight excluding hydrogens is 250 g/mol. The van der Waals surface area contributed by atoms with Crippen LogP contribution in [0.3, 0.4) is 0 Å². The Labute approximate surface area is 119 Å². The summed E-state index contributed by atoms with van der Waals surface area (Å²) in [7, 11) is 0. The molecule has 1 aliphatic rings. The van der Waals surface area contributed by atoms with Gasteiger partial charge in [-0.25, -0.2) is 4.98 Å². The lowest BCUT2D eigenvalue weighted by atomic mass is 10.2. The molecule has 0 unspecified atom stereocenters. The highest BCUT2D eigenvalue weighted by molar-refractivity contribution is 5.76. The van der Waals surface area contributed by atoms with Crippen molar-refractivity contribution in [2.24, 2.45) is 0 Å². The minimum atomic E-state index is 0.0803. The van der Waals surface area contributed by atoms with Gasteiger partial charge in [0.2, 0.25) is 0 Å². The van der Waals surface area contributed by atoms with E-state index in [1.54, 1.807) is 10.9 Å². The summed E-state index contributed by atoms with van der Waals surface area (Å²) in [5.41, 5.74) is 0.864. The molecule has 20 heavy (non-hydrogen) atoms. The van der Waals surface area contributed by atoms with Gasteiger partial charge < -0.3 is 4.90 Å². The number of aromatic nitrogens is 2. The molecule has 2 aromatic rings. The standard InChI is InChI=1S/C16H21N3O/c20-16-14-7-1-2-8-15(14)17-13-19(16)12-6-5-11-18-9-3-4-10-18/h1-2,7-8,13H,3-6,9-12H2. The van der Waals surface area contributed by atoms with Gasteiger partial charge in [-0.15, -0.1) is 0 Å². The summed E-state index contributed by atoms with van der Waals surface area (Å²) in [4.78, 5) is 19.2. The van der Waals surface area contributed by atoms with Crippen LogP contribution in [0.2, 0.25) is 0 Å². The predicted molar refractivity (Wildman–Crippen MR) is 80.9 cm³/mol. The van der Waals surface area contributed by atoms with E-state index in [1.807, 2.05) is 24.3 Å². The summed E-state index contributed by atoms with van der Waals surface area (Å²) >= 11 is 0. The highest BCUT2D eigenvalue weighted by Gasteiger charge is 2.10. The second-order valence-corrected chi connectivity index (χ2v) is 5.52. The van der Waals surface area contributed by atoms with E-state index in [1.165, 1.54) is 25.9 Å². The molecular formula is C16H21N3O. The number of hydrogen-bond acceptors (Lipinski definition) is 3. The zero-order valence-corrected chi connectivity index (χ0v) is 11.8. The molecule has 3 rings (SSSR count). The minimum Gasteiger partial charge on any atom is -0.303 e. The molecule has 0 aliphatic carbocycles. The van der Waals surface area contributed by atoms with Crippen LogP contribution < -0.4 is 5.56 Å². The van der Waals surface area contributed by atoms with Gasteiger partial charge in [0.1, 0.15) is 0 Å². The Bertz CT molecular complexity index is 629. The number of unbranched alkanes of at least 4 members (excludes halogenated alkanes) is 1. The highest BCUT2D eigenvalue weighted by atomic mass is 16.1. The molecule has 2 heterocycles. The van der Waals surface area contributed by atoms with Crippen molar-refractivity contribution < 1.29 is 0 Å². The van der Waals surface area contributed by atoms with Crippen LogP contribution in [0.5, 0.6) is 0 Å². The molecule has 0 saturated carbocycles. The summed E-state index contributed by atoms with van der Waals surface area (Å²) in [6.45, 7) is 4.43. The number of fused-ring (bicyclic) bond motifs is 1. The van der Waals surface area contributed by atoms with Crippen molar-refractivity contribution in [3.8, 4) is 0 Å². The fraction of sp³-hybridized carbons (Fsp3) is 0.500. The number of likely N-dealkylation sites (tertiary alicyclic amines) is 1. The van der Waals surface area contributed by atoms with Crippen molar-refractivity contribution in [1.82, 2.24) is 14.5 Å². The van der Waals surface area contributed by atoms with Crippen LogP contribution in [-0.2, 0) is 6.54 Å². The van der Waals surface area contributed by atoms with E-state index in [-0.39, 0.29) is 5.56 Å². The minimum absolute atomic E-state index is 0.0803. The largest absolute Gasteiger partial charge is 0.303 e. The van der Waals surface area contributed by atoms with Gasteiger partial charge in [0.15, 0.2) is 0 Å². The summed E-state index contributed by atoms with van der Waals surface area (Å²) in [5, 5.41) is 0.717. The fourth-order valence-corrected chi connectivity index (χ4v) is 2.89. The maximum Gasteiger partial charge on any atom is 0.261 e. The SMILES string of the molecule is O=c1c2ccccc2ncn1CCCCN1CCCC1. The van der Waals surface area contributed by atoms with E-state index >= 15 is 0 Å². The third-order valence-electron chi connectivity index (χ3n) is 4.05. The molecule has 1 aromatic heterocycles. The van der Waals surface area contributed by atoms with Crippen LogP contribution in [0.1, 0.15) is 25.7 Å². The topological polar surface area (TPSA) is 38.1 Å². The summed E-state index contributed by atoms with van der Waals surface area (Å²) < 4.78 is 1.74. The maximum absolute atomic E-state index is 12.3. The van der Waals surface area contributed by atoms with E-state index < -0.39 is 0 Å². The van der Waals surface area contributed by atoms with Crippen molar-refractivity contribution >= 4 is 10.9 Å². The molecule has 1 aromatic carbocycles. The molecule has 1 saturated heterocycles. The molecule has 4 nitrogen and oxygen atoms in total. The second-order valence-electron chi connectivity index (χ2n) is 5.52. The quantitative estimate of drug-likeness (QED) is 0.783. The average Bonchev–Trinajstić information content (AvgIpc) is 2.99. The summed E-state index contributed by atoms with van der Waals surface area (Å²) in [6, 6.07) is 7.54. The van der Waals surface area contributed by atoms with Gasteiger partial charge in [-0.05, 0) is 57.5 Å². The molecule has 0 bridgehead atoms. The third-order valence-corrected chi connectivity index (χ3v) is 4.05. The van der Waals surface area contributed by atoms with Gasteiger partial charge in [0.25, 0.3) is 5.56 Å². The number of nitrogens with zero attached hydrogens (tertiary/aromatic N) is 3. The monoisotopic (exact) mass is 271 g/mol. The maximum atomic E-state index is 12.3. The Morgan fingerprint density at radius 1 is 1.05 bits per heavy atom. The van der Waals surface area contributed by atoms with Crippen LogP contribution in [0, 0.1) is 0 Å². The first-order valence-corrected chi connectivity index (χ1v) is 7.51. The van der Waals surface area contributed by atoms with E-state index in [0.717, 1.165) is 36.8 Å². The third kappa shape index (κ3) is 2.90. The average molecular weight is 271 g/mol. The van der Waals surface area contributed by atoms with E-state index in [9.17, 15) is 4.79 Å². The first-order valence-electron chi connectivity index (χ1n) is 7.51. The van der Waals surface area contributed by atoms with Gasteiger partial charge in [-0.1, -0.05) is 12.1 Å². The molecule has 4 heteroatoms. The van der Waals surface area contributed by atoms with Gasteiger partial charge in [0.05, 0.1) is 17.2 Å². The predicted octanol–water partition coefficient (Wildman–Crippen LogP) is 2.27. The van der Waals surface area contributed by atoms with Gasteiger partial charge in [-0.2, -0.15) is 0 Å². The number of benzene rings is 1. The first-order chi connectivity index (χ1) is 9.84. The summed E-state index contributed by atoms with van der Waals surface area (Å²) in [6.07, 6.45) is 6.55. The Kier molecular flexibility index (Phi) is 4.11. The van der Waals surface area contributed by atoms with Crippen LogP contribution in [0.4, 0.5) is 0 Å². The Balaban J connectivity index is 1.60. The van der Waals surface area contributed by atoms with E-state index in [0.29, 0.717) is 0 Å². The fourth-order valence-electron chi connectivity index (χ4n) is 2.89. The molecule has 0 spiro atoms. The lowest BCUT2D eigenvalue weighted by Crippen LogP contribution is -2.23. The van der Waals surface area contributed by atoms with Crippen LogP contribution in [-0.4, -0.2) is 34.1 Å². The van der Waals surface area contributed by atoms with Crippen molar-refractivity contribution in [3.63, 3.8) is 0 Å². The molecule has 0 radical (unpaired) electrons. The lowest BCUT2D eigenvalue weighted by molar-refractivity contribution is 0.326. The zero-order valence-electron chi connectivity index (χ0n) is 11.8. The van der Waals surface area contributed by atoms with Crippen molar-refractivity contribution in [1.29, 1.82) is 0 Å². The molecule has 106 valence electrons. The Hall–Kier alpha value is -1.68. The first kappa shape index (κ1) is 13.3. The van der Waals surface area contributed by atoms with E-state index in [4.69, 9.17) is 0 Å². The van der Waals surface area contributed by atoms with Crippen LogP contribution >= 0.6 is 0 Å². The van der Waals surface area contributed by atoms with Gasteiger partial charge in [0, 0.05) is 6.54 Å². The molecule has 0 N–H and O–H groups in total. The van der Waals surface area contributed by atoms with Gasteiger partial charge >= 0.3 is 0 Å². The summed E-state index contributed by atoms with van der Waals surface area (Å²) in [5.74, 6) is 0.